The molecule has 1 aromatic carbocycles. The molecule has 3 heterocycles. The molecule has 1 aliphatic rings. The number of hydrogen-bond acceptors (Lipinski definition) is 6. The second-order valence-corrected chi connectivity index (χ2v) is 6.36. The van der Waals surface area contributed by atoms with E-state index in [0.717, 1.165) is 31.5 Å². The van der Waals surface area contributed by atoms with Crippen LogP contribution in [0.4, 0.5) is 11.8 Å². The fourth-order valence-electron chi connectivity index (χ4n) is 3.44. The number of pyridine rings is 1. The summed E-state index contributed by atoms with van der Waals surface area (Å²) in [5, 5.41) is 9.85. The van der Waals surface area contributed by atoms with E-state index >= 15 is 0 Å². The molecule has 4 rings (SSSR count). The van der Waals surface area contributed by atoms with Gasteiger partial charge in [0.15, 0.2) is 5.65 Å². The minimum absolute atomic E-state index is 0.0848. The van der Waals surface area contributed by atoms with Crippen molar-refractivity contribution >= 4 is 22.8 Å². The Morgan fingerprint density at radius 1 is 1.12 bits per heavy atom. The van der Waals surface area contributed by atoms with E-state index in [1.54, 1.807) is 0 Å². The summed E-state index contributed by atoms with van der Waals surface area (Å²) in [6, 6.07) is 11.3. The van der Waals surface area contributed by atoms with Crippen LogP contribution < -0.4 is 16.2 Å². The highest BCUT2D eigenvalue weighted by Crippen LogP contribution is 2.31. The molecule has 0 unspecified atom stereocenters. The van der Waals surface area contributed by atoms with Gasteiger partial charge < -0.3 is 10.6 Å². The molecular weight excluding hydrogens is 328 g/mol. The third kappa shape index (κ3) is 2.65. The molecule has 0 spiro atoms. The maximum atomic E-state index is 12.9. The van der Waals surface area contributed by atoms with Crippen molar-refractivity contribution in [2.75, 3.05) is 23.7 Å². The van der Waals surface area contributed by atoms with Crippen molar-refractivity contribution in [3.63, 3.8) is 0 Å². The van der Waals surface area contributed by atoms with Crippen LogP contribution >= 0.6 is 0 Å². The molecule has 3 N–H and O–H groups in total. The van der Waals surface area contributed by atoms with Crippen molar-refractivity contribution in [1.82, 2.24) is 15.0 Å². The number of hydrogen-bond donors (Lipinski definition) is 2. The Bertz CT molecular complexity index is 1060. The summed E-state index contributed by atoms with van der Waals surface area (Å²) >= 11 is 0. The van der Waals surface area contributed by atoms with E-state index < -0.39 is 0 Å². The summed E-state index contributed by atoms with van der Waals surface area (Å²) in [4.78, 5) is 26.6. The molecule has 1 saturated heterocycles. The van der Waals surface area contributed by atoms with E-state index in [0.29, 0.717) is 16.9 Å². The quantitative estimate of drug-likeness (QED) is 0.737. The molecule has 3 aromatic rings. The average molecular weight is 346 g/mol. The van der Waals surface area contributed by atoms with Crippen LogP contribution in [-0.4, -0.2) is 28.0 Å². The van der Waals surface area contributed by atoms with Crippen molar-refractivity contribution in [2.24, 2.45) is 0 Å². The number of anilines is 2. The van der Waals surface area contributed by atoms with Crippen molar-refractivity contribution in [3.05, 3.63) is 46.2 Å². The fourth-order valence-corrected chi connectivity index (χ4v) is 3.44. The lowest BCUT2D eigenvalue weighted by Crippen LogP contribution is -2.32. The van der Waals surface area contributed by atoms with Gasteiger partial charge in [-0.2, -0.15) is 10.2 Å². The van der Waals surface area contributed by atoms with Crippen molar-refractivity contribution < 1.29 is 0 Å². The van der Waals surface area contributed by atoms with Gasteiger partial charge in [0.2, 0.25) is 5.95 Å². The van der Waals surface area contributed by atoms with Crippen LogP contribution in [0.5, 0.6) is 0 Å². The minimum Gasteiger partial charge on any atom is -0.383 e. The third-order valence-corrected chi connectivity index (χ3v) is 4.70. The third-order valence-electron chi connectivity index (χ3n) is 4.70. The summed E-state index contributed by atoms with van der Waals surface area (Å²) in [5.74, 6) is 0.597. The molecule has 130 valence electrons. The molecule has 0 aliphatic carbocycles. The van der Waals surface area contributed by atoms with E-state index in [9.17, 15) is 10.1 Å². The lowest BCUT2D eigenvalue weighted by Gasteiger charge is -2.27. The van der Waals surface area contributed by atoms with Gasteiger partial charge in [0.1, 0.15) is 17.5 Å². The normalized spacial score (nSPS) is 14.3. The number of nitrogens with two attached hydrogens (primary N) is 1. The molecule has 26 heavy (non-hydrogen) atoms. The van der Waals surface area contributed by atoms with Gasteiger partial charge in [0.05, 0.1) is 5.39 Å². The predicted octanol–water partition coefficient (Wildman–Crippen LogP) is 2.43. The van der Waals surface area contributed by atoms with E-state index in [-0.39, 0.29) is 22.6 Å². The first-order chi connectivity index (χ1) is 12.7. The van der Waals surface area contributed by atoms with Crippen molar-refractivity contribution in [1.29, 1.82) is 5.26 Å². The van der Waals surface area contributed by atoms with Gasteiger partial charge in [-0.3, -0.25) is 9.78 Å². The highest BCUT2D eigenvalue weighted by molar-refractivity contribution is 5.97. The largest absolute Gasteiger partial charge is 0.383 e. The molecule has 0 bridgehead atoms. The van der Waals surface area contributed by atoms with Crippen LogP contribution in [0.2, 0.25) is 0 Å². The van der Waals surface area contributed by atoms with E-state index in [4.69, 9.17) is 5.73 Å². The number of aromatic nitrogens is 3. The monoisotopic (exact) mass is 346 g/mol. The van der Waals surface area contributed by atoms with Gasteiger partial charge in [0, 0.05) is 18.7 Å². The molecule has 2 aromatic heterocycles. The molecular formula is C19H18N6O. The second-order valence-electron chi connectivity index (χ2n) is 6.36. The molecule has 0 radical (unpaired) electrons. The minimum atomic E-state index is -0.307. The zero-order valence-corrected chi connectivity index (χ0v) is 14.2. The van der Waals surface area contributed by atoms with Crippen LogP contribution in [-0.2, 0) is 0 Å². The summed E-state index contributed by atoms with van der Waals surface area (Å²) in [6.07, 6.45) is 3.32. The lowest BCUT2D eigenvalue weighted by molar-refractivity contribution is 0.568. The number of rotatable bonds is 2. The second kappa shape index (κ2) is 6.48. The number of H-pyrrole nitrogens is 1. The van der Waals surface area contributed by atoms with Crippen LogP contribution in [0.3, 0.4) is 0 Å². The fraction of sp³-hybridized carbons (Fsp3) is 0.263. The predicted molar refractivity (Wildman–Crippen MR) is 101 cm³/mol. The Morgan fingerprint density at radius 3 is 2.54 bits per heavy atom. The number of fused-ring (bicyclic) bond motifs is 1. The first-order valence-corrected chi connectivity index (χ1v) is 8.63. The molecule has 7 nitrogen and oxygen atoms in total. The number of nitrogens with one attached hydrogen (secondary N) is 1. The van der Waals surface area contributed by atoms with Gasteiger partial charge >= 0.3 is 0 Å². The summed E-state index contributed by atoms with van der Waals surface area (Å²) < 4.78 is 0. The lowest BCUT2D eigenvalue weighted by atomic mass is 9.98. The zero-order chi connectivity index (χ0) is 18.1. The Kier molecular flexibility index (Phi) is 4.01. The SMILES string of the molecule is N#Cc1c(N)nc2nc(N3CCCCC3)[nH]c(=O)c2c1-c1ccccc1. The Hall–Kier alpha value is -3.40. The number of nitriles is 1. The van der Waals surface area contributed by atoms with Gasteiger partial charge in [-0.05, 0) is 24.8 Å². The van der Waals surface area contributed by atoms with Crippen LogP contribution in [0.1, 0.15) is 24.8 Å². The molecule has 7 heteroatoms. The van der Waals surface area contributed by atoms with E-state index in [1.807, 2.05) is 30.3 Å². The van der Waals surface area contributed by atoms with Gasteiger partial charge in [-0.15, -0.1) is 0 Å². The number of aromatic amines is 1. The summed E-state index contributed by atoms with van der Waals surface area (Å²) in [7, 11) is 0. The Morgan fingerprint density at radius 2 is 1.85 bits per heavy atom. The van der Waals surface area contributed by atoms with Crippen LogP contribution in [0.25, 0.3) is 22.2 Å². The highest BCUT2D eigenvalue weighted by atomic mass is 16.1. The maximum Gasteiger partial charge on any atom is 0.262 e. The zero-order valence-electron chi connectivity index (χ0n) is 14.2. The summed E-state index contributed by atoms with van der Waals surface area (Å²) in [6.45, 7) is 1.71. The molecule has 1 fully saturated rings. The van der Waals surface area contributed by atoms with Gasteiger partial charge in [0.25, 0.3) is 5.56 Å². The molecule has 1 aliphatic heterocycles. The summed E-state index contributed by atoms with van der Waals surface area (Å²) in [5.41, 5.74) is 7.39. The Labute approximate surface area is 150 Å². The Balaban J connectivity index is 2.00. The highest BCUT2D eigenvalue weighted by Gasteiger charge is 2.21. The van der Waals surface area contributed by atoms with Crippen molar-refractivity contribution in [2.45, 2.75) is 19.3 Å². The molecule has 0 amide bonds. The van der Waals surface area contributed by atoms with Crippen LogP contribution in [0.15, 0.2) is 35.1 Å². The average Bonchev–Trinajstić information content (AvgIpc) is 2.68. The number of nitrogen functional groups attached to an aromatic ring is 1. The van der Waals surface area contributed by atoms with Gasteiger partial charge in [-0.1, -0.05) is 30.3 Å². The first-order valence-electron chi connectivity index (χ1n) is 8.63. The molecule has 0 atom stereocenters. The topological polar surface area (TPSA) is 112 Å². The van der Waals surface area contributed by atoms with Crippen LogP contribution in [0, 0.1) is 11.3 Å². The standard InChI is InChI=1S/C19H18N6O/c20-11-13-14(12-7-3-1-4-8-12)15-17(22-16(13)21)23-19(24-18(15)26)25-9-5-2-6-10-25/h1,3-4,7-8H,2,5-6,9-10H2,(H3,21,22,23,24,26). The first kappa shape index (κ1) is 16.1. The number of nitrogens with zero attached hydrogens (tertiary/aromatic N) is 4. The van der Waals surface area contributed by atoms with E-state index in [1.165, 1.54) is 6.42 Å². The molecule has 0 saturated carbocycles. The van der Waals surface area contributed by atoms with E-state index in [2.05, 4.69) is 25.9 Å². The number of benzene rings is 1. The van der Waals surface area contributed by atoms with Gasteiger partial charge in [-0.25, -0.2) is 4.98 Å². The smallest absolute Gasteiger partial charge is 0.262 e. The van der Waals surface area contributed by atoms with Crippen molar-refractivity contribution in [3.8, 4) is 17.2 Å². The number of piperidine rings is 1. The maximum absolute atomic E-state index is 12.9.